The van der Waals surface area contributed by atoms with Gasteiger partial charge in [-0.3, -0.25) is 9.59 Å². The summed E-state index contributed by atoms with van der Waals surface area (Å²) in [5, 5.41) is 0. The van der Waals surface area contributed by atoms with E-state index < -0.39 is 6.04 Å². The molecule has 1 aromatic carbocycles. The Bertz CT molecular complexity index is 1300. The number of amides is 1. The molecule has 7 nitrogen and oxygen atoms in total. The lowest BCUT2D eigenvalue weighted by Crippen LogP contribution is -2.44. The highest BCUT2D eigenvalue weighted by atomic mass is 79.9. The maximum atomic E-state index is 13.5. The summed E-state index contributed by atoms with van der Waals surface area (Å²) in [6, 6.07) is 11.7. The van der Waals surface area contributed by atoms with Crippen LogP contribution in [0.3, 0.4) is 0 Å². The van der Waals surface area contributed by atoms with Gasteiger partial charge in [0.2, 0.25) is 5.91 Å². The number of ether oxygens (including phenoxy) is 1. The Morgan fingerprint density at radius 2 is 1.89 bits per heavy atom. The van der Waals surface area contributed by atoms with Crippen LogP contribution in [0.1, 0.15) is 36.6 Å². The average molecular weight is 535 g/mol. The number of aryl methyl sites for hydroxylation is 1. The van der Waals surface area contributed by atoms with Gasteiger partial charge in [-0.1, -0.05) is 37.3 Å². The standard InChI is InChI=1S/C27H27BrN4O3/c1-16-7-8-24(28)31-20(16)11-22(33)21-12-27(2)13-23(27)32(21)25(34)10-17-5-4-6-18(9-17)19-14-29-26(35-3)30-15-19/h4-9,14-15,21,23H,10-13H2,1-3H3/t21-,23+,27-/m0/s1. The third-order valence-corrected chi connectivity index (χ3v) is 7.67. The van der Waals surface area contributed by atoms with Crippen LogP contribution >= 0.6 is 15.9 Å². The maximum absolute atomic E-state index is 13.5. The monoisotopic (exact) mass is 534 g/mol. The van der Waals surface area contributed by atoms with Gasteiger partial charge in [-0.25, -0.2) is 15.0 Å². The minimum Gasteiger partial charge on any atom is -0.467 e. The molecule has 1 aliphatic carbocycles. The second kappa shape index (κ2) is 9.15. The molecule has 0 bridgehead atoms. The van der Waals surface area contributed by atoms with Gasteiger partial charge in [-0.15, -0.1) is 0 Å². The number of ketones is 1. The van der Waals surface area contributed by atoms with Gasteiger partial charge in [0.05, 0.1) is 31.7 Å². The van der Waals surface area contributed by atoms with E-state index in [2.05, 4.69) is 37.8 Å². The molecule has 1 saturated heterocycles. The molecule has 3 aromatic rings. The van der Waals surface area contributed by atoms with Gasteiger partial charge in [0.15, 0.2) is 5.78 Å². The van der Waals surface area contributed by atoms with E-state index >= 15 is 0 Å². The zero-order valence-corrected chi connectivity index (χ0v) is 21.6. The summed E-state index contributed by atoms with van der Waals surface area (Å²) in [5.41, 5.74) is 4.46. The van der Waals surface area contributed by atoms with Crippen molar-refractivity contribution in [1.29, 1.82) is 0 Å². The van der Waals surface area contributed by atoms with Crippen molar-refractivity contribution < 1.29 is 14.3 Å². The fourth-order valence-electron chi connectivity index (χ4n) is 5.11. The molecule has 1 saturated carbocycles. The molecular weight excluding hydrogens is 508 g/mol. The molecule has 5 rings (SSSR count). The number of hydrogen-bond donors (Lipinski definition) is 0. The number of benzene rings is 1. The van der Waals surface area contributed by atoms with E-state index in [-0.39, 0.29) is 36.0 Å². The number of fused-ring (bicyclic) bond motifs is 1. The number of halogens is 1. The zero-order chi connectivity index (χ0) is 24.7. The molecule has 2 aliphatic rings. The number of hydrogen-bond acceptors (Lipinski definition) is 6. The van der Waals surface area contributed by atoms with E-state index in [1.165, 1.54) is 7.11 Å². The highest BCUT2D eigenvalue weighted by molar-refractivity contribution is 9.10. The third-order valence-electron chi connectivity index (χ3n) is 7.23. The topological polar surface area (TPSA) is 85.3 Å². The molecule has 2 aromatic heterocycles. The van der Waals surface area contributed by atoms with Gasteiger partial charge >= 0.3 is 6.01 Å². The summed E-state index contributed by atoms with van der Waals surface area (Å²) in [5.74, 6) is 0.0567. The van der Waals surface area contributed by atoms with Gasteiger partial charge in [-0.2, -0.15) is 0 Å². The van der Waals surface area contributed by atoms with Crippen molar-refractivity contribution in [1.82, 2.24) is 19.9 Å². The second-order valence-corrected chi connectivity index (χ2v) is 10.6. The second-order valence-electron chi connectivity index (χ2n) is 9.77. The fourth-order valence-corrected chi connectivity index (χ4v) is 5.46. The van der Waals surface area contributed by atoms with E-state index in [4.69, 9.17) is 4.74 Å². The number of Topliss-reactive ketones (excluding diaryl/α,β-unsaturated/α-hetero) is 1. The summed E-state index contributed by atoms with van der Waals surface area (Å²) >= 11 is 3.40. The summed E-state index contributed by atoms with van der Waals surface area (Å²) in [4.78, 5) is 41.6. The fraction of sp³-hybridized carbons (Fsp3) is 0.370. The highest BCUT2D eigenvalue weighted by Crippen LogP contribution is 2.59. The first-order chi connectivity index (χ1) is 16.8. The molecule has 8 heteroatoms. The number of rotatable bonds is 7. The smallest absolute Gasteiger partial charge is 0.316 e. The normalized spacial score (nSPS) is 22.6. The van der Waals surface area contributed by atoms with Crippen LogP contribution < -0.4 is 4.74 Å². The molecule has 2 fully saturated rings. The van der Waals surface area contributed by atoms with Crippen LogP contribution in [0.2, 0.25) is 0 Å². The number of carbonyl (C=O) groups excluding carboxylic acids is 2. The molecule has 180 valence electrons. The maximum Gasteiger partial charge on any atom is 0.316 e. The number of piperidine rings is 1. The van der Waals surface area contributed by atoms with Crippen LogP contribution in [0, 0.1) is 12.3 Å². The summed E-state index contributed by atoms with van der Waals surface area (Å²) in [6.07, 6.45) is 5.56. The van der Waals surface area contributed by atoms with Gasteiger partial charge in [-0.05, 0) is 63.9 Å². The number of methoxy groups -OCH3 is 1. The Hall–Kier alpha value is -3.13. The Labute approximate surface area is 213 Å². The van der Waals surface area contributed by atoms with Gasteiger partial charge in [0.25, 0.3) is 0 Å². The van der Waals surface area contributed by atoms with Crippen molar-refractivity contribution in [2.45, 2.75) is 51.6 Å². The quantitative estimate of drug-likeness (QED) is 0.419. The molecule has 0 spiro atoms. The SMILES string of the molecule is COc1ncc(-c2cccc(CC(=O)N3[C@H](C(=O)Cc4nc(Br)ccc4C)C[C@@]4(C)C[C@@H]34)c2)cn1. The number of pyridine rings is 1. The first-order valence-electron chi connectivity index (χ1n) is 11.7. The molecular formula is C27H27BrN4O3. The van der Waals surface area contributed by atoms with Crippen LogP contribution in [0.25, 0.3) is 11.1 Å². The molecule has 1 amide bonds. The number of nitrogens with zero attached hydrogens (tertiary/aromatic N) is 4. The van der Waals surface area contributed by atoms with E-state index in [0.29, 0.717) is 10.6 Å². The van der Waals surface area contributed by atoms with E-state index in [1.54, 1.807) is 12.4 Å². The Morgan fingerprint density at radius 3 is 2.63 bits per heavy atom. The van der Waals surface area contributed by atoms with E-state index in [0.717, 1.165) is 40.8 Å². The largest absolute Gasteiger partial charge is 0.467 e. The Balaban J connectivity index is 1.33. The van der Waals surface area contributed by atoms with Crippen molar-refractivity contribution in [3.63, 3.8) is 0 Å². The predicted octanol–water partition coefficient (Wildman–Crippen LogP) is 4.35. The van der Waals surface area contributed by atoms with Crippen molar-refractivity contribution in [2.24, 2.45) is 5.41 Å². The van der Waals surface area contributed by atoms with E-state index in [9.17, 15) is 9.59 Å². The molecule has 3 atom stereocenters. The third kappa shape index (κ3) is 4.72. The van der Waals surface area contributed by atoms with Gasteiger partial charge in [0.1, 0.15) is 4.60 Å². The molecule has 1 aliphatic heterocycles. The summed E-state index contributed by atoms with van der Waals surface area (Å²) in [6.45, 7) is 4.14. The average Bonchev–Trinajstić information content (AvgIpc) is 3.41. The minimum absolute atomic E-state index is 0.00312. The van der Waals surface area contributed by atoms with Crippen LogP contribution in [0.5, 0.6) is 6.01 Å². The molecule has 0 radical (unpaired) electrons. The lowest BCUT2D eigenvalue weighted by Gasteiger charge is -2.27. The first kappa shape index (κ1) is 23.6. The van der Waals surface area contributed by atoms with Crippen molar-refractivity contribution in [3.05, 3.63) is 70.2 Å². The zero-order valence-electron chi connectivity index (χ0n) is 20.0. The van der Waals surface area contributed by atoms with Crippen LogP contribution in [-0.2, 0) is 22.4 Å². The Kier molecular flexibility index (Phi) is 6.17. The lowest BCUT2D eigenvalue weighted by atomic mass is 9.96. The van der Waals surface area contributed by atoms with Gasteiger partial charge in [0, 0.05) is 24.0 Å². The molecule has 0 N–H and O–H groups in total. The molecule has 0 unspecified atom stereocenters. The number of carbonyl (C=O) groups is 2. The summed E-state index contributed by atoms with van der Waals surface area (Å²) in [7, 11) is 1.53. The minimum atomic E-state index is -0.399. The summed E-state index contributed by atoms with van der Waals surface area (Å²) < 4.78 is 5.74. The number of aromatic nitrogens is 3. The lowest BCUT2D eigenvalue weighted by molar-refractivity contribution is -0.138. The van der Waals surface area contributed by atoms with Crippen LogP contribution in [-0.4, -0.2) is 50.7 Å². The predicted molar refractivity (Wildman–Crippen MR) is 135 cm³/mol. The molecule has 3 heterocycles. The number of likely N-dealkylation sites (tertiary alicyclic amines) is 1. The van der Waals surface area contributed by atoms with Crippen LogP contribution in [0.4, 0.5) is 0 Å². The Morgan fingerprint density at radius 1 is 1.11 bits per heavy atom. The molecule has 35 heavy (non-hydrogen) atoms. The van der Waals surface area contributed by atoms with E-state index in [1.807, 2.05) is 48.2 Å². The van der Waals surface area contributed by atoms with Crippen molar-refractivity contribution >= 4 is 27.6 Å². The highest BCUT2D eigenvalue weighted by Gasteiger charge is 2.63. The van der Waals surface area contributed by atoms with Crippen LogP contribution in [0.15, 0.2) is 53.4 Å². The van der Waals surface area contributed by atoms with Gasteiger partial charge < -0.3 is 9.64 Å². The van der Waals surface area contributed by atoms with Crippen molar-refractivity contribution in [2.75, 3.05) is 7.11 Å². The van der Waals surface area contributed by atoms with Crippen molar-refractivity contribution in [3.8, 4) is 17.1 Å². The first-order valence-corrected chi connectivity index (χ1v) is 12.5.